The Morgan fingerprint density at radius 2 is 2.12 bits per heavy atom. The van der Waals surface area contributed by atoms with Crippen molar-refractivity contribution in [2.75, 3.05) is 25.1 Å². The highest BCUT2D eigenvalue weighted by Gasteiger charge is 2.30. The van der Waals surface area contributed by atoms with Gasteiger partial charge in [0.15, 0.2) is 0 Å². The molecule has 1 aromatic heterocycles. The number of methoxy groups -OCH3 is 1. The van der Waals surface area contributed by atoms with E-state index in [4.69, 9.17) is 9.47 Å². The highest BCUT2D eigenvalue weighted by atomic mass is 32.1. The Hall–Kier alpha value is -3.25. The Morgan fingerprint density at radius 3 is 2.76 bits per heavy atom. The van der Waals surface area contributed by atoms with Crippen molar-refractivity contribution >= 4 is 29.0 Å². The second-order valence-corrected chi connectivity index (χ2v) is 9.95. The van der Waals surface area contributed by atoms with Crippen LogP contribution in [0.1, 0.15) is 37.6 Å². The molecule has 3 rings (SSSR count). The van der Waals surface area contributed by atoms with Gasteiger partial charge >= 0.3 is 6.09 Å². The number of ether oxygens (including phenoxy) is 2. The molecule has 0 radical (unpaired) electrons. The van der Waals surface area contributed by atoms with Crippen molar-refractivity contribution < 1.29 is 19.1 Å². The van der Waals surface area contributed by atoms with Gasteiger partial charge in [-0.05, 0) is 56.8 Å². The number of rotatable bonds is 7. The number of nitrogens with one attached hydrogen (secondary N) is 2. The maximum atomic E-state index is 13.1. The molecular formula is C24H30N4O4S. The van der Waals surface area contributed by atoms with E-state index in [2.05, 4.69) is 21.6 Å². The van der Waals surface area contributed by atoms with Gasteiger partial charge < -0.3 is 25.0 Å². The molecule has 0 spiro atoms. The summed E-state index contributed by atoms with van der Waals surface area (Å²) in [6.07, 6.45) is 0.501. The number of anilines is 1. The SMILES string of the molecule is COc1ccc(N2CC[C@H](NC(=O)[C@H](Cc3cccs3)NC(=O)OC(C)(C)C)C2)c(C#N)c1. The quantitative estimate of drug-likeness (QED) is 0.642. The van der Waals surface area contributed by atoms with Gasteiger partial charge in [-0.3, -0.25) is 4.79 Å². The Morgan fingerprint density at radius 1 is 1.33 bits per heavy atom. The predicted molar refractivity (Wildman–Crippen MR) is 128 cm³/mol. The average Bonchev–Trinajstić information content (AvgIpc) is 3.43. The molecule has 0 unspecified atom stereocenters. The molecular weight excluding hydrogens is 440 g/mol. The van der Waals surface area contributed by atoms with Gasteiger partial charge in [0.25, 0.3) is 0 Å². The third-order valence-electron chi connectivity index (χ3n) is 5.19. The van der Waals surface area contributed by atoms with Crippen molar-refractivity contribution in [3.63, 3.8) is 0 Å². The molecule has 9 heteroatoms. The van der Waals surface area contributed by atoms with Crippen LogP contribution < -0.4 is 20.3 Å². The molecule has 1 aliphatic heterocycles. The molecule has 176 valence electrons. The molecule has 2 N–H and O–H groups in total. The molecule has 1 saturated heterocycles. The van der Waals surface area contributed by atoms with Crippen LogP contribution in [0.2, 0.25) is 0 Å². The zero-order valence-corrected chi connectivity index (χ0v) is 20.2. The lowest BCUT2D eigenvalue weighted by Gasteiger charge is -2.24. The zero-order chi connectivity index (χ0) is 24.0. The van der Waals surface area contributed by atoms with E-state index in [1.54, 1.807) is 33.9 Å². The van der Waals surface area contributed by atoms with Gasteiger partial charge in [0, 0.05) is 30.4 Å². The van der Waals surface area contributed by atoms with Crippen molar-refractivity contribution in [1.29, 1.82) is 5.26 Å². The number of carbonyl (C=O) groups is 2. The van der Waals surface area contributed by atoms with Gasteiger partial charge in [-0.2, -0.15) is 5.26 Å². The number of benzene rings is 1. The van der Waals surface area contributed by atoms with Crippen molar-refractivity contribution in [3.8, 4) is 11.8 Å². The summed E-state index contributed by atoms with van der Waals surface area (Å²) in [7, 11) is 1.56. The van der Waals surface area contributed by atoms with Crippen molar-refractivity contribution in [3.05, 3.63) is 46.2 Å². The highest BCUT2D eigenvalue weighted by Crippen LogP contribution is 2.28. The third kappa shape index (κ3) is 6.86. The number of amides is 2. The maximum absolute atomic E-state index is 13.1. The van der Waals surface area contributed by atoms with Crippen LogP contribution in [0.4, 0.5) is 10.5 Å². The van der Waals surface area contributed by atoms with Crippen LogP contribution in [-0.2, 0) is 16.0 Å². The van der Waals surface area contributed by atoms with Crippen molar-refractivity contribution in [1.82, 2.24) is 10.6 Å². The summed E-state index contributed by atoms with van der Waals surface area (Å²) in [5.74, 6) is 0.375. The standard InChI is InChI=1S/C24H30N4O4S/c1-24(2,3)32-23(30)27-20(13-19-6-5-11-33-19)22(29)26-17-9-10-28(15-17)21-8-7-18(31-4)12-16(21)14-25/h5-8,11-12,17,20H,9-10,13,15H2,1-4H3,(H,26,29)(H,27,30)/t17-,20-/m0/s1. The molecule has 2 aromatic rings. The van der Waals surface area contributed by atoms with E-state index in [-0.39, 0.29) is 11.9 Å². The van der Waals surface area contributed by atoms with E-state index in [1.807, 2.05) is 29.6 Å². The summed E-state index contributed by atoms with van der Waals surface area (Å²) in [6, 6.07) is 10.6. The van der Waals surface area contributed by atoms with E-state index >= 15 is 0 Å². The molecule has 0 bridgehead atoms. The lowest BCUT2D eigenvalue weighted by Crippen LogP contribution is -2.52. The minimum atomic E-state index is -0.747. The first-order valence-electron chi connectivity index (χ1n) is 10.8. The van der Waals surface area contributed by atoms with Crippen LogP contribution in [0.25, 0.3) is 0 Å². The number of thiophene rings is 1. The van der Waals surface area contributed by atoms with E-state index in [1.165, 1.54) is 11.3 Å². The van der Waals surface area contributed by atoms with Crippen molar-refractivity contribution in [2.24, 2.45) is 0 Å². The molecule has 1 aliphatic rings. The summed E-state index contributed by atoms with van der Waals surface area (Å²) < 4.78 is 10.6. The topological polar surface area (TPSA) is 104 Å². The molecule has 1 fully saturated rings. The average molecular weight is 471 g/mol. The number of nitriles is 1. The zero-order valence-electron chi connectivity index (χ0n) is 19.4. The first kappa shape index (κ1) is 24.4. The van der Waals surface area contributed by atoms with Crippen LogP contribution >= 0.6 is 11.3 Å². The molecule has 8 nitrogen and oxygen atoms in total. The number of nitrogens with zero attached hydrogens (tertiary/aromatic N) is 2. The van der Waals surface area contributed by atoms with Gasteiger partial charge in [0.1, 0.15) is 23.5 Å². The normalized spacial score (nSPS) is 16.6. The minimum absolute atomic E-state index is 0.0996. The van der Waals surface area contributed by atoms with Gasteiger partial charge in [0.05, 0.1) is 18.4 Å². The monoisotopic (exact) mass is 470 g/mol. The second-order valence-electron chi connectivity index (χ2n) is 8.92. The Balaban J connectivity index is 1.65. The molecule has 33 heavy (non-hydrogen) atoms. The summed E-state index contributed by atoms with van der Waals surface area (Å²) >= 11 is 1.54. The first-order chi connectivity index (χ1) is 15.7. The van der Waals surface area contributed by atoms with Crippen LogP contribution in [0.3, 0.4) is 0 Å². The first-order valence-corrected chi connectivity index (χ1v) is 11.7. The molecule has 2 atom stereocenters. The predicted octanol–water partition coefficient (Wildman–Crippen LogP) is 3.46. The Labute approximate surface area is 198 Å². The van der Waals surface area contributed by atoms with Crippen molar-refractivity contribution in [2.45, 2.75) is 51.3 Å². The number of alkyl carbamates (subject to hydrolysis) is 1. The summed E-state index contributed by atoms with van der Waals surface area (Å²) in [5, 5.41) is 17.2. The van der Waals surface area contributed by atoms with Crippen LogP contribution in [0, 0.1) is 11.3 Å². The maximum Gasteiger partial charge on any atom is 0.408 e. The number of carbonyl (C=O) groups excluding carboxylic acids is 2. The summed E-state index contributed by atoms with van der Waals surface area (Å²) in [5.41, 5.74) is 0.692. The number of hydrogen-bond donors (Lipinski definition) is 2. The fraction of sp³-hybridized carbons (Fsp3) is 0.458. The van der Waals surface area contributed by atoms with Crippen LogP contribution in [-0.4, -0.2) is 49.9 Å². The molecule has 2 amide bonds. The van der Waals surface area contributed by atoms with E-state index in [0.29, 0.717) is 30.8 Å². The van der Waals surface area contributed by atoms with E-state index < -0.39 is 17.7 Å². The third-order valence-corrected chi connectivity index (χ3v) is 6.09. The molecule has 1 aromatic carbocycles. The molecule has 2 heterocycles. The largest absolute Gasteiger partial charge is 0.497 e. The van der Waals surface area contributed by atoms with Gasteiger partial charge in [0.2, 0.25) is 5.91 Å². The van der Waals surface area contributed by atoms with Crippen LogP contribution in [0.5, 0.6) is 5.75 Å². The second kappa shape index (κ2) is 10.6. The minimum Gasteiger partial charge on any atom is -0.497 e. The fourth-order valence-electron chi connectivity index (χ4n) is 3.70. The lowest BCUT2D eigenvalue weighted by molar-refractivity contribution is -0.123. The smallest absolute Gasteiger partial charge is 0.408 e. The number of hydrogen-bond acceptors (Lipinski definition) is 7. The molecule has 0 saturated carbocycles. The fourth-order valence-corrected chi connectivity index (χ4v) is 4.45. The highest BCUT2D eigenvalue weighted by molar-refractivity contribution is 7.09. The molecule has 0 aliphatic carbocycles. The van der Waals surface area contributed by atoms with E-state index in [0.717, 1.165) is 17.0 Å². The Bertz CT molecular complexity index is 1010. The van der Waals surface area contributed by atoms with Gasteiger partial charge in [-0.1, -0.05) is 6.07 Å². The lowest BCUT2D eigenvalue weighted by atomic mass is 10.1. The van der Waals surface area contributed by atoms with Gasteiger partial charge in [-0.25, -0.2) is 4.79 Å². The summed E-state index contributed by atoms with van der Waals surface area (Å²) in [6.45, 7) is 6.63. The summed E-state index contributed by atoms with van der Waals surface area (Å²) in [4.78, 5) is 28.5. The van der Waals surface area contributed by atoms with Gasteiger partial charge in [-0.15, -0.1) is 11.3 Å². The van der Waals surface area contributed by atoms with Crippen LogP contribution in [0.15, 0.2) is 35.7 Å². The Kier molecular flexibility index (Phi) is 7.82. The van der Waals surface area contributed by atoms with E-state index in [9.17, 15) is 14.9 Å².